The van der Waals surface area contributed by atoms with Gasteiger partial charge in [0.1, 0.15) is 5.75 Å². The van der Waals surface area contributed by atoms with Crippen molar-refractivity contribution in [3.63, 3.8) is 0 Å². The van der Waals surface area contributed by atoms with Gasteiger partial charge in [-0.3, -0.25) is 4.79 Å². The predicted molar refractivity (Wildman–Crippen MR) is 81.0 cm³/mol. The summed E-state index contributed by atoms with van der Waals surface area (Å²) in [6, 6.07) is 5.38. The molecule has 20 heavy (non-hydrogen) atoms. The molecule has 3 nitrogen and oxygen atoms in total. The molecule has 1 saturated heterocycles. The van der Waals surface area contributed by atoms with Crippen LogP contribution in [-0.4, -0.2) is 29.0 Å². The molecule has 0 radical (unpaired) electrons. The molecule has 0 saturated carbocycles. The lowest BCUT2D eigenvalue weighted by atomic mass is 9.96. The van der Waals surface area contributed by atoms with Crippen molar-refractivity contribution in [2.75, 3.05) is 13.1 Å². The standard InChI is InChI=1S/C17H25NO2/c1-3-6-14-8-5-11-18(12-10-14)17(20)15-9-4-7-13(2)16(15)19/h4,7,9,14,19H,3,5-6,8,10-12H2,1-2H3. The van der Waals surface area contributed by atoms with Crippen molar-refractivity contribution in [2.45, 2.75) is 46.0 Å². The fourth-order valence-electron chi connectivity index (χ4n) is 3.07. The van der Waals surface area contributed by atoms with E-state index in [0.29, 0.717) is 5.56 Å². The van der Waals surface area contributed by atoms with E-state index < -0.39 is 0 Å². The van der Waals surface area contributed by atoms with E-state index in [1.807, 2.05) is 24.0 Å². The number of aromatic hydroxyl groups is 1. The van der Waals surface area contributed by atoms with Crippen molar-refractivity contribution >= 4 is 5.91 Å². The second-order valence-corrected chi connectivity index (χ2v) is 5.85. The maximum absolute atomic E-state index is 12.6. The van der Waals surface area contributed by atoms with Gasteiger partial charge < -0.3 is 10.0 Å². The molecule has 0 bridgehead atoms. The summed E-state index contributed by atoms with van der Waals surface area (Å²) < 4.78 is 0. The Kier molecular flexibility index (Phi) is 5.05. The number of phenolic OH excluding ortho intramolecular Hbond substituents is 1. The van der Waals surface area contributed by atoms with Gasteiger partial charge in [-0.05, 0) is 43.7 Å². The van der Waals surface area contributed by atoms with Crippen LogP contribution < -0.4 is 0 Å². The summed E-state index contributed by atoms with van der Waals surface area (Å²) in [5, 5.41) is 10.1. The van der Waals surface area contributed by atoms with Crippen molar-refractivity contribution in [1.29, 1.82) is 0 Å². The summed E-state index contributed by atoms with van der Waals surface area (Å²) in [6.45, 7) is 5.67. The summed E-state index contributed by atoms with van der Waals surface area (Å²) in [6.07, 6.45) is 5.86. The molecule has 3 heteroatoms. The molecular formula is C17H25NO2. The lowest BCUT2D eigenvalue weighted by Gasteiger charge is -2.21. The third kappa shape index (κ3) is 3.33. The van der Waals surface area contributed by atoms with Crippen LogP contribution in [0.4, 0.5) is 0 Å². The van der Waals surface area contributed by atoms with Crippen LogP contribution in [0.2, 0.25) is 0 Å². The van der Waals surface area contributed by atoms with E-state index in [4.69, 9.17) is 0 Å². The summed E-state index contributed by atoms with van der Waals surface area (Å²) in [7, 11) is 0. The van der Waals surface area contributed by atoms with Crippen LogP contribution in [-0.2, 0) is 0 Å². The van der Waals surface area contributed by atoms with Gasteiger partial charge in [-0.25, -0.2) is 0 Å². The average Bonchev–Trinajstić information content (AvgIpc) is 2.67. The Hall–Kier alpha value is -1.51. The quantitative estimate of drug-likeness (QED) is 0.912. The first-order valence-corrected chi connectivity index (χ1v) is 7.71. The summed E-state index contributed by atoms with van der Waals surface area (Å²) >= 11 is 0. The Morgan fingerprint density at radius 2 is 2.15 bits per heavy atom. The number of benzene rings is 1. The Balaban J connectivity index is 2.07. The molecule has 0 spiro atoms. The molecule has 1 aromatic rings. The maximum Gasteiger partial charge on any atom is 0.257 e. The first-order valence-electron chi connectivity index (χ1n) is 7.71. The minimum absolute atomic E-state index is 0.0247. The van der Waals surface area contributed by atoms with E-state index in [1.54, 1.807) is 6.07 Å². The normalized spacial score (nSPS) is 19.7. The molecule has 1 atom stereocenters. The highest BCUT2D eigenvalue weighted by Crippen LogP contribution is 2.26. The SMILES string of the molecule is CCCC1CCCN(C(=O)c2cccc(C)c2O)CC1. The number of hydrogen-bond acceptors (Lipinski definition) is 2. The topological polar surface area (TPSA) is 40.5 Å². The number of hydrogen-bond donors (Lipinski definition) is 1. The molecule has 1 aliphatic heterocycles. The number of carbonyl (C=O) groups is 1. The highest BCUT2D eigenvalue weighted by Gasteiger charge is 2.23. The molecule has 1 amide bonds. The molecule has 0 aliphatic carbocycles. The zero-order chi connectivity index (χ0) is 14.5. The van der Waals surface area contributed by atoms with Crippen molar-refractivity contribution in [3.8, 4) is 5.75 Å². The number of nitrogens with zero attached hydrogens (tertiary/aromatic N) is 1. The minimum atomic E-state index is -0.0247. The second-order valence-electron chi connectivity index (χ2n) is 5.85. The predicted octanol–water partition coefficient (Wildman–Crippen LogP) is 3.74. The van der Waals surface area contributed by atoms with Gasteiger partial charge >= 0.3 is 0 Å². The summed E-state index contributed by atoms with van der Waals surface area (Å²) in [4.78, 5) is 14.5. The fraction of sp³-hybridized carbons (Fsp3) is 0.588. The molecule has 1 N–H and O–H groups in total. The van der Waals surface area contributed by atoms with Gasteiger partial charge in [-0.15, -0.1) is 0 Å². The van der Waals surface area contributed by atoms with Crippen LogP contribution in [0.1, 0.15) is 54.9 Å². The Bertz CT molecular complexity index is 470. The first kappa shape index (κ1) is 14.9. The van der Waals surface area contributed by atoms with E-state index in [1.165, 1.54) is 19.3 Å². The van der Waals surface area contributed by atoms with Crippen molar-refractivity contribution in [2.24, 2.45) is 5.92 Å². The van der Waals surface area contributed by atoms with Gasteiger partial charge in [0.05, 0.1) is 5.56 Å². The number of phenols is 1. The lowest BCUT2D eigenvalue weighted by Crippen LogP contribution is -2.32. The molecule has 110 valence electrons. The van der Waals surface area contributed by atoms with Crippen LogP contribution in [0.15, 0.2) is 18.2 Å². The highest BCUT2D eigenvalue weighted by atomic mass is 16.3. The number of aryl methyl sites for hydroxylation is 1. The molecule has 1 heterocycles. The van der Waals surface area contributed by atoms with Gasteiger partial charge in [0, 0.05) is 13.1 Å². The van der Waals surface area contributed by atoms with E-state index in [-0.39, 0.29) is 11.7 Å². The minimum Gasteiger partial charge on any atom is -0.507 e. The lowest BCUT2D eigenvalue weighted by molar-refractivity contribution is 0.0756. The van der Waals surface area contributed by atoms with E-state index in [0.717, 1.165) is 37.4 Å². The van der Waals surface area contributed by atoms with Gasteiger partial charge in [-0.1, -0.05) is 31.9 Å². The summed E-state index contributed by atoms with van der Waals surface area (Å²) in [5.74, 6) is 0.860. The fourth-order valence-corrected chi connectivity index (χ4v) is 3.07. The monoisotopic (exact) mass is 275 g/mol. The van der Waals surface area contributed by atoms with E-state index in [2.05, 4.69) is 6.92 Å². The zero-order valence-electron chi connectivity index (χ0n) is 12.6. The largest absolute Gasteiger partial charge is 0.507 e. The number of rotatable bonds is 3. The van der Waals surface area contributed by atoms with Gasteiger partial charge in [0.2, 0.25) is 0 Å². The van der Waals surface area contributed by atoms with Crippen molar-refractivity contribution in [1.82, 2.24) is 4.90 Å². The van der Waals surface area contributed by atoms with Crippen molar-refractivity contribution in [3.05, 3.63) is 29.3 Å². The van der Waals surface area contributed by atoms with Crippen LogP contribution >= 0.6 is 0 Å². The molecule has 1 unspecified atom stereocenters. The zero-order valence-corrected chi connectivity index (χ0v) is 12.6. The van der Waals surface area contributed by atoms with Crippen LogP contribution in [0.5, 0.6) is 5.75 Å². The summed E-state index contributed by atoms with van der Waals surface area (Å²) in [5.41, 5.74) is 1.20. The van der Waals surface area contributed by atoms with Gasteiger partial charge in [0.15, 0.2) is 0 Å². The Labute approximate surface area is 121 Å². The third-order valence-electron chi connectivity index (χ3n) is 4.30. The number of para-hydroxylation sites is 1. The Morgan fingerprint density at radius 1 is 1.35 bits per heavy atom. The molecular weight excluding hydrogens is 250 g/mol. The van der Waals surface area contributed by atoms with Crippen molar-refractivity contribution < 1.29 is 9.90 Å². The van der Waals surface area contributed by atoms with E-state index in [9.17, 15) is 9.90 Å². The highest BCUT2D eigenvalue weighted by molar-refractivity contribution is 5.97. The van der Waals surface area contributed by atoms with Gasteiger partial charge in [0.25, 0.3) is 5.91 Å². The number of likely N-dealkylation sites (tertiary alicyclic amines) is 1. The number of amides is 1. The van der Waals surface area contributed by atoms with Crippen LogP contribution in [0.25, 0.3) is 0 Å². The molecule has 1 aliphatic rings. The molecule has 0 aromatic heterocycles. The number of carbonyl (C=O) groups excluding carboxylic acids is 1. The third-order valence-corrected chi connectivity index (χ3v) is 4.30. The molecule has 2 rings (SSSR count). The first-order chi connectivity index (χ1) is 9.63. The average molecular weight is 275 g/mol. The maximum atomic E-state index is 12.6. The smallest absolute Gasteiger partial charge is 0.257 e. The molecule has 1 fully saturated rings. The van der Waals surface area contributed by atoms with Crippen LogP contribution in [0, 0.1) is 12.8 Å². The van der Waals surface area contributed by atoms with E-state index >= 15 is 0 Å². The van der Waals surface area contributed by atoms with Gasteiger partial charge in [-0.2, -0.15) is 0 Å². The Morgan fingerprint density at radius 3 is 2.90 bits per heavy atom. The molecule has 1 aromatic carbocycles. The van der Waals surface area contributed by atoms with Crippen LogP contribution in [0.3, 0.4) is 0 Å². The second kappa shape index (κ2) is 6.78.